The Hall–Kier alpha value is -0.830. The van der Waals surface area contributed by atoms with Crippen molar-refractivity contribution in [3.05, 3.63) is 35.4 Å². The molecule has 1 aromatic carbocycles. The first-order chi connectivity index (χ1) is 9.36. The zero-order valence-electron chi connectivity index (χ0n) is 13.0. The third-order valence-corrected chi connectivity index (χ3v) is 4.51. The summed E-state index contributed by atoms with van der Waals surface area (Å²) in [6.45, 7) is 9.37. The molecule has 0 saturated heterocycles. The minimum atomic E-state index is -0.0155. The van der Waals surface area contributed by atoms with Gasteiger partial charge in [-0.05, 0) is 35.8 Å². The molecule has 3 heteroatoms. The van der Waals surface area contributed by atoms with Gasteiger partial charge in [0, 0.05) is 17.4 Å². The molecule has 0 saturated carbocycles. The lowest BCUT2D eigenvalue weighted by Gasteiger charge is -2.22. The van der Waals surface area contributed by atoms with E-state index in [0.29, 0.717) is 5.92 Å². The van der Waals surface area contributed by atoms with E-state index in [1.165, 1.54) is 0 Å². The Morgan fingerprint density at radius 1 is 1.30 bits per heavy atom. The van der Waals surface area contributed by atoms with Crippen molar-refractivity contribution in [3.8, 4) is 0 Å². The Balaban J connectivity index is 2.60. The molecule has 1 amide bonds. The summed E-state index contributed by atoms with van der Waals surface area (Å²) in [7, 11) is 0. The molecule has 1 N–H and O–H groups in total. The smallest absolute Gasteiger partial charge is 0.251 e. The maximum Gasteiger partial charge on any atom is 0.251 e. The number of halogens is 1. The number of amides is 1. The molecule has 1 aromatic rings. The van der Waals surface area contributed by atoms with Crippen molar-refractivity contribution in [2.24, 2.45) is 5.92 Å². The van der Waals surface area contributed by atoms with Crippen molar-refractivity contribution in [1.29, 1.82) is 0 Å². The second-order valence-electron chi connectivity index (χ2n) is 6.45. The van der Waals surface area contributed by atoms with Crippen LogP contribution in [0.1, 0.15) is 56.5 Å². The van der Waals surface area contributed by atoms with E-state index in [1.807, 2.05) is 24.3 Å². The molecule has 112 valence electrons. The van der Waals surface area contributed by atoms with Crippen LogP contribution in [0.3, 0.4) is 0 Å². The first-order valence-electron chi connectivity index (χ1n) is 7.30. The van der Waals surface area contributed by atoms with E-state index in [4.69, 9.17) is 0 Å². The van der Waals surface area contributed by atoms with E-state index in [9.17, 15) is 4.79 Å². The molecule has 2 nitrogen and oxygen atoms in total. The van der Waals surface area contributed by atoms with Gasteiger partial charge in [-0.25, -0.2) is 0 Å². The van der Waals surface area contributed by atoms with E-state index in [1.54, 1.807) is 0 Å². The second kappa shape index (κ2) is 7.82. The molecule has 0 aliphatic carbocycles. The van der Waals surface area contributed by atoms with Crippen LogP contribution in [0.4, 0.5) is 0 Å². The van der Waals surface area contributed by atoms with Gasteiger partial charge in [0.2, 0.25) is 0 Å². The molecule has 1 unspecified atom stereocenters. The number of hydrogen-bond acceptors (Lipinski definition) is 1. The zero-order chi connectivity index (χ0) is 15.2. The third kappa shape index (κ3) is 5.28. The summed E-state index contributed by atoms with van der Waals surface area (Å²) in [6.07, 6.45) is 2.16. The van der Waals surface area contributed by atoms with Crippen LogP contribution in [0.2, 0.25) is 0 Å². The predicted octanol–water partition coefficient (Wildman–Crippen LogP) is 4.53. The monoisotopic (exact) mass is 339 g/mol. The SMILES string of the molecule is CC(CBr)CCCNC(=O)c1ccccc1C(C)(C)C. The highest BCUT2D eigenvalue weighted by atomic mass is 79.9. The second-order valence-corrected chi connectivity index (χ2v) is 7.10. The molecular weight excluding hydrogens is 314 g/mol. The van der Waals surface area contributed by atoms with Gasteiger partial charge in [0.15, 0.2) is 0 Å². The van der Waals surface area contributed by atoms with E-state index in [0.717, 1.165) is 35.8 Å². The molecule has 0 bridgehead atoms. The Kier molecular flexibility index (Phi) is 6.74. The van der Waals surface area contributed by atoms with E-state index in [2.05, 4.69) is 48.9 Å². The summed E-state index contributed by atoms with van der Waals surface area (Å²) in [6, 6.07) is 7.88. The van der Waals surface area contributed by atoms with Gasteiger partial charge < -0.3 is 5.32 Å². The van der Waals surface area contributed by atoms with Crippen LogP contribution in [0, 0.1) is 5.92 Å². The highest BCUT2D eigenvalue weighted by molar-refractivity contribution is 9.09. The first kappa shape index (κ1) is 17.2. The number of benzene rings is 1. The predicted molar refractivity (Wildman–Crippen MR) is 89.7 cm³/mol. The minimum Gasteiger partial charge on any atom is -0.352 e. The summed E-state index contributed by atoms with van der Waals surface area (Å²) in [5.41, 5.74) is 1.89. The van der Waals surface area contributed by atoms with Gasteiger partial charge in [-0.2, -0.15) is 0 Å². The number of rotatable bonds is 6. The number of carbonyl (C=O) groups is 1. The molecule has 0 aliphatic rings. The van der Waals surface area contributed by atoms with Gasteiger partial charge in [-0.15, -0.1) is 0 Å². The van der Waals surface area contributed by atoms with Gasteiger partial charge in [-0.1, -0.05) is 61.8 Å². The maximum absolute atomic E-state index is 12.3. The summed E-state index contributed by atoms with van der Waals surface area (Å²) in [5, 5.41) is 4.06. The number of alkyl halides is 1. The number of nitrogens with one attached hydrogen (secondary N) is 1. The minimum absolute atomic E-state index is 0.0155. The summed E-state index contributed by atoms with van der Waals surface area (Å²) >= 11 is 3.48. The Morgan fingerprint density at radius 2 is 1.95 bits per heavy atom. The van der Waals surface area contributed by atoms with Crippen LogP contribution in [0.15, 0.2) is 24.3 Å². The number of hydrogen-bond donors (Lipinski definition) is 1. The average molecular weight is 340 g/mol. The van der Waals surface area contributed by atoms with Gasteiger partial charge >= 0.3 is 0 Å². The van der Waals surface area contributed by atoms with Crippen LogP contribution >= 0.6 is 15.9 Å². The molecular formula is C17H26BrNO. The van der Waals surface area contributed by atoms with Crippen LogP contribution in [0.25, 0.3) is 0 Å². The molecule has 0 heterocycles. The van der Waals surface area contributed by atoms with E-state index < -0.39 is 0 Å². The fraction of sp³-hybridized carbons (Fsp3) is 0.588. The average Bonchev–Trinajstić information content (AvgIpc) is 2.42. The van der Waals surface area contributed by atoms with Crippen molar-refractivity contribution in [2.75, 3.05) is 11.9 Å². The van der Waals surface area contributed by atoms with Gasteiger partial charge in [-0.3, -0.25) is 4.79 Å². The van der Waals surface area contributed by atoms with Crippen molar-refractivity contribution in [3.63, 3.8) is 0 Å². The Bertz CT molecular complexity index is 437. The van der Waals surface area contributed by atoms with Gasteiger partial charge in [0.25, 0.3) is 5.91 Å². The van der Waals surface area contributed by atoms with Crippen LogP contribution in [-0.2, 0) is 5.41 Å². The molecule has 1 atom stereocenters. The van der Waals surface area contributed by atoms with Crippen molar-refractivity contribution < 1.29 is 4.79 Å². The van der Waals surface area contributed by atoms with E-state index in [-0.39, 0.29) is 11.3 Å². The zero-order valence-corrected chi connectivity index (χ0v) is 14.6. The summed E-state index contributed by atoms with van der Waals surface area (Å²) < 4.78 is 0. The lowest BCUT2D eigenvalue weighted by atomic mass is 9.83. The van der Waals surface area contributed by atoms with Gasteiger partial charge in [0.1, 0.15) is 0 Å². The van der Waals surface area contributed by atoms with Gasteiger partial charge in [0.05, 0.1) is 0 Å². The Morgan fingerprint density at radius 3 is 2.55 bits per heavy atom. The molecule has 0 radical (unpaired) electrons. The molecule has 0 spiro atoms. The van der Waals surface area contributed by atoms with E-state index >= 15 is 0 Å². The summed E-state index contributed by atoms with van der Waals surface area (Å²) in [5.74, 6) is 0.704. The first-order valence-corrected chi connectivity index (χ1v) is 8.42. The fourth-order valence-corrected chi connectivity index (χ4v) is 2.48. The highest BCUT2D eigenvalue weighted by Gasteiger charge is 2.20. The standard InChI is InChI=1S/C17H26BrNO/c1-13(12-18)8-7-11-19-16(20)14-9-5-6-10-15(14)17(2,3)4/h5-6,9-10,13H,7-8,11-12H2,1-4H3,(H,19,20). The molecule has 20 heavy (non-hydrogen) atoms. The quantitative estimate of drug-likeness (QED) is 0.598. The lowest BCUT2D eigenvalue weighted by Crippen LogP contribution is -2.28. The largest absolute Gasteiger partial charge is 0.352 e. The molecule has 0 aliphatic heterocycles. The highest BCUT2D eigenvalue weighted by Crippen LogP contribution is 2.25. The molecule has 0 fully saturated rings. The van der Waals surface area contributed by atoms with Crippen LogP contribution in [0.5, 0.6) is 0 Å². The molecule has 1 rings (SSSR count). The van der Waals surface area contributed by atoms with Crippen molar-refractivity contribution in [2.45, 2.75) is 46.0 Å². The Labute approximate surface area is 131 Å². The summed E-state index contributed by atoms with van der Waals surface area (Å²) in [4.78, 5) is 12.3. The topological polar surface area (TPSA) is 29.1 Å². The lowest BCUT2D eigenvalue weighted by molar-refractivity contribution is 0.0950. The number of carbonyl (C=O) groups excluding carboxylic acids is 1. The third-order valence-electron chi connectivity index (χ3n) is 3.40. The maximum atomic E-state index is 12.3. The van der Waals surface area contributed by atoms with Crippen molar-refractivity contribution in [1.82, 2.24) is 5.32 Å². The molecule has 0 aromatic heterocycles. The van der Waals surface area contributed by atoms with Crippen LogP contribution in [-0.4, -0.2) is 17.8 Å². The normalized spacial score (nSPS) is 13.1. The fourth-order valence-electron chi connectivity index (χ4n) is 2.16. The van der Waals surface area contributed by atoms with Crippen molar-refractivity contribution >= 4 is 21.8 Å². The van der Waals surface area contributed by atoms with Crippen LogP contribution < -0.4 is 5.32 Å².